The predicted molar refractivity (Wildman–Crippen MR) is 128 cm³/mol. The third kappa shape index (κ3) is 6.33. The average molecular weight is 473 g/mol. The molecule has 2 aliphatic heterocycles. The van der Waals surface area contributed by atoms with E-state index >= 15 is 0 Å². The summed E-state index contributed by atoms with van der Waals surface area (Å²) in [6.07, 6.45) is 1.98. The van der Waals surface area contributed by atoms with Gasteiger partial charge in [-0.15, -0.1) is 0 Å². The number of carbonyl (C=O) groups excluding carboxylic acids is 1. The number of rotatable bonds is 7. The molecule has 2 fully saturated rings. The quantitative estimate of drug-likeness (QED) is 0.643. The lowest BCUT2D eigenvalue weighted by Crippen LogP contribution is -2.41. The summed E-state index contributed by atoms with van der Waals surface area (Å²) in [6.45, 7) is 6.81. The van der Waals surface area contributed by atoms with Gasteiger partial charge < -0.3 is 19.6 Å². The largest absolute Gasteiger partial charge is 0.493 e. The minimum absolute atomic E-state index is 0.0268. The molecule has 5 nitrogen and oxygen atoms in total. The van der Waals surface area contributed by atoms with Crippen LogP contribution in [-0.2, 0) is 0 Å². The van der Waals surface area contributed by atoms with Gasteiger partial charge in [-0.05, 0) is 87.5 Å². The first-order valence-corrected chi connectivity index (χ1v) is 12.1. The third-order valence-electron chi connectivity index (χ3n) is 6.63. The number of piperidine rings is 1. The molecule has 2 aromatic rings. The van der Waals surface area contributed by atoms with Gasteiger partial charge in [-0.1, -0.05) is 18.2 Å². The van der Waals surface area contributed by atoms with Crippen LogP contribution in [0.5, 0.6) is 5.75 Å². The molecule has 0 unspecified atom stereocenters. The highest BCUT2D eigenvalue weighted by Gasteiger charge is 2.27. The summed E-state index contributed by atoms with van der Waals surface area (Å²) in [5.41, 5.74) is 0.384. The first-order valence-electron chi connectivity index (χ1n) is 12.1. The van der Waals surface area contributed by atoms with Crippen molar-refractivity contribution in [1.82, 2.24) is 9.80 Å². The standard InChI is InChI=1S/C27H34F2N2O3/c1-27(2,29)18-30-12-9-19(10-13-30)17-34-23-6-3-20(4-7-23)21-5-8-24(25(28)15-21)26(33)31-14-11-22(32)16-31/h3-8,15,19,22,32H,9-14,16-18H2,1-2H3/t22-/m1/s1. The van der Waals surface area contributed by atoms with E-state index < -0.39 is 17.6 Å². The molecule has 0 aliphatic carbocycles. The maximum absolute atomic E-state index is 14.7. The lowest BCUT2D eigenvalue weighted by atomic mass is 9.97. The minimum atomic E-state index is -1.17. The summed E-state index contributed by atoms with van der Waals surface area (Å²) < 4.78 is 34.5. The van der Waals surface area contributed by atoms with Crippen LogP contribution in [0, 0.1) is 11.7 Å². The SMILES string of the molecule is CC(C)(F)CN1CCC(COc2ccc(-c3ccc(C(=O)N4CC[C@@H](O)C4)c(F)c3)cc2)CC1. The van der Waals surface area contributed by atoms with Gasteiger partial charge in [0, 0.05) is 19.6 Å². The zero-order valence-corrected chi connectivity index (χ0v) is 20.0. The van der Waals surface area contributed by atoms with Gasteiger partial charge in [-0.3, -0.25) is 4.79 Å². The van der Waals surface area contributed by atoms with Crippen molar-refractivity contribution in [2.24, 2.45) is 5.92 Å². The van der Waals surface area contributed by atoms with Gasteiger partial charge in [0.25, 0.3) is 5.91 Å². The van der Waals surface area contributed by atoms with Crippen LogP contribution in [0.4, 0.5) is 8.78 Å². The molecule has 0 saturated carbocycles. The van der Waals surface area contributed by atoms with Crippen molar-refractivity contribution in [2.75, 3.05) is 39.3 Å². The van der Waals surface area contributed by atoms with Crippen molar-refractivity contribution in [1.29, 1.82) is 0 Å². The molecule has 7 heteroatoms. The maximum atomic E-state index is 14.7. The number of amides is 1. The predicted octanol–water partition coefficient (Wildman–Crippen LogP) is 4.54. The molecular formula is C27H34F2N2O3. The van der Waals surface area contributed by atoms with Crippen LogP contribution in [0.3, 0.4) is 0 Å². The molecule has 1 N–H and O–H groups in total. The Morgan fingerprint density at radius 3 is 2.32 bits per heavy atom. The highest BCUT2D eigenvalue weighted by atomic mass is 19.1. The second-order valence-electron chi connectivity index (χ2n) is 10.2. The lowest BCUT2D eigenvalue weighted by Gasteiger charge is -2.34. The number of likely N-dealkylation sites (tertiary alicyclic amines) is 2. The molecule has 0 radical (unpaired) electrons. The molecular weight excluding hydrogens is 438 g/mol. The van der Waals surface area contributed by atoms with Crippen LogP contribution in [0.1, 0.15) is 43.5 Å². The molecule has 184 valence electrons. The summed E-state index contributed by atoms with van der Waals surface area (Å²) >= 11 is 0. The molecule has 0 aromatic heterocycles. The van der Waals surface area contributed by atoms with E-state index in [1.807, 2.05) is 24.3 Å². The summed E-state index contributed by atoms with van der Waals surface area (Å²) in [5, 5.41) is 9.63. The van der Waals surface area contributed by atoms with Crippen LogP contribution >= 0.6 is 0 Å². The summed E-state index contributed by atoms with van der Waals surface area (Å²) in [6, 6.07) is 12.1. The number of hydrogen-bond acceptors (Lipinski definition) is 4. The van der Waals surface area contributed by atoms with E-state index in [9.17, 15) is 18.7 Å². The second-order valence-corrected chi connectivity index (χ2v) is 10.2. The molecule has 1 amide bonds. The van der Waals surface area contributed by atoms with Gasteiger partial charge in [0.15, 0.2) is 0 Å². The Morgan fingerprint density at radius 1 is 1.06 bits per heavy atom. The number of aliphatic hydroxyl groups excluding tert-OH is 1. The Labute approximate surface area is 200 Å². The molecule has 4 rings (SSSR count). The summed E-state index contributed by atoms with van der Waals surface area (Å²) in [4.78, 5) is 16.2. The van der Waals surface area contributed by atoms with E-state index in [1.54, 1.807) is 19.9 Å². The first kappa shape index (κ1) is 24.6. The fraction of sp³-hybridized carbons (Fsp3) is 0.519. The fourth-order valence-electron chi connectivity index (χ4n) is 4.77. The van der Waals surface area contributed by atoms with Crippen LogP contribution in [0.2, 0.25) is 0 Å². The fourth-order valence-corrected chi connectivity index (χ4v) is 4.77. The number of aliphatic hydroxyl groups is 1. The maximum Gasteiger partial charge on any atom is 0.256 e. The first-order chi connectivity index (χ1) is 16.2. The molecule has 2 aliphatic rings. The minimum Gasteiger partial charge on any atom is -0.493 e. The summed E-state index contributed by atoms with van der Waals surface area (Å²) in [7, 11) is 0. The van der Waals surface area contributed by atoms with Gasteiger partial charge in [0.1, 0.15) is 17.2 Å². The molecule has 2 heterocycles. The number of β-amino-alcohol motifs (C(OH)–C–C–N with tert-alkyl or cyclic N) is 1. The molecule has 2 saturated heterocycles. The molecule has 0 bridgehead atoms. The van der Waals surface area contributed by atoms with Crippen LogP contribution in [0.25, 0.3) is 11.1 Å². The van der Waals surface area contributed by atoms with E-state index in [1.165, 1.54) is 17.0 Å². The number of hydrogen-bond donors (Lipinski definition) is 1. The number of carbonyl (C=O) groups is 1. The zero-order valence-electron chi connectivity index (χ0n) is 20.0. The van der Waals surface area contributed by atoms with Gasteiger partial charge in [0.05, 0.1) is 18.3 Å². The van der Waals surface area contributed by atoms with E-state index in [2.05, 4.69) is 4.90 Å². The lowest BCUT2D eigenvalue weighted by molar-refractivity contribution is 0.0760. The second kappa shape index (κ2) is 10.4. The summed E-state index contributed by atoms with van der Waals surface area (Å²) in [5.74, 6) is 0.265. The number of benzene rings is 2. The number of alkyl halides is 1. The highest BCUT2D eigenvalue weighted by Crippen LogP contribution is 2.27. The normalized spacial score (nSPS) is 20.0. The Balaban J connectivity index is 1.30. The molecule has 34 heavy (non-hydrogen) atoms. The van der Waals surface area contributed by atoms with Crippen LogP contribution < -0.4 is 4.74 Å². The van der Waals surface area contributed by atoms with Crippen LogP contribution in [-0.4, -0.2) is 71.9 Å². The monoisotopic (exact) mass is 472 g/mol. The Hall–Kier alpha value is -2.51. The molecule has 2 aromatic carbocycles. The van der Waals surface area contributed by atoms with Crippen molar-refractivity contribution in [3.05, 3.63) is 53.8 Å². The van der Waals surface area contributed by atoms with Crippen molar-refractivity contribution in [3.8, 4) is 16.9 Å². The molecule has 1 atom stereocenters. The van der Waals surface area contributed by atoms with Gasteiger partial charge >= 0.3 is 0 Å². The van der Waals surface area contributed by atoms with E-state index in [-0.39, 0.29) is 18.0 Å². The number of halogens is 2. The van der Waals surface area contributed by atoms with E-state index in [4.69, 9.17) is 4.74 Å². The van der Waals surface area contributed by atoms with Crippen molar-refractivity contribution in [2.45, 2.75) is 44.9 Å². The van der Waals surface area contributed by atoms with Gasteiger partial charge in [-0.25, -0.2) is 8.78 Å². The molecule has 0 spiro atoms. The number of nitrogens with zero attached hydrogens (tertiary/aromatic N) is 2. The smallest absolute Gasteiger partial charge is 0.256 e. The van der Waals surface area contributed by atoms with Gasteiger partial charge in [0.2, 0.25) is 0 Å². The third-order valence-corrected chi connectivity index (χ3v) is 6.63. The van der Waals surface area contributed by atoms with Gasteiger partial charge in [-0.2, -0.15) is 0 Å². The van der Waals surface area contributed by atoms with Crippen molar-refractivity contribution in [3.63, 3.8) is 0 Å². The van der Waals surface area contributed by atoms with E-state index in [0.29, 0.717) is 37.6 Å². The van der Waals surface area contributed by atoms with Crippen molar-refractivity contribution >= 4 is 5.91 Å². The highest BCUT2D eigenvalue weighted by molar-refractivity contribution is 5.95. The van der Waals surface area contributed by atoms with Crippen LogP contribution in [0.15, 0.2) is 42.5 Å². The number of ether oxygens (including phenoxy) is 1. The Kier molecular flexibility index (Phi) is 7.53. The van der Waals surface area contributed by atoms with Crippen molar-refractivity contribution < 1.29 is 23.4 Å². The van der Waals surface area contributed by atoms with E-state index in [0.717, 1.165) is 37.2 Å². The zero-order chi connectivity index (χ0) is 24.3. The Morgan fingerprint density at radius 2 is 1.74 bits per heavy atom. The Bertz CT molecular complexity index is 982. The average Bonchev–Trinajstić information content (AvgIpc) is 3.24. The topological polar surface area (TPSA) is 53.0 Å².